The van der Waals surface area contributed by atoms with Gasteiger partial charge < -0.3 is 10.3 Å². The van der Waals surface area contributed by atoms with Crippen LogP contribution >= 0.6 is 0 Å². The van der Waals surface area contributed by atoms with Gasteiger partial charge in [-0.2, -0.15) is 0 Å². The summed E-state index contributed by atoms with van der Waals surface area (Å²) >= 11 is 0. The van der Waals surface area contributed by atoms with E-state index in [0.717, 1.165) is 18.7 Å². The van der Waals surface area contributed by atoms with Gasteiger partial charge in [-0.05, 0) is 30.7 Å². The Balaban J connectivity index is 2.17. The predicted octanol–water partition coefficient (Wildman–Crippen LogP) is 2.06. The van der Waals surface area contributed by atoms with Crippen molar-refractivity contribution in [1.82, 2.24) is 15.3 Å². The maximum Gasteiger partial charge on any atom is 0.137 e. The fourth-order valence-corrected chi connectivity index (χ4v) is 1.56. The van der Waals surface area contributed by atoms with E-state index in [1.165, 1.54) is 17.4 Å². The van der Waals surface area contributed by atoms with Crippen LogP contribution in [0, 0.1) is 0 Å². The Morgan fingerprint density at radius 1 is 1.50 bits per heavy atom. The molecular weight excluding hydrogens is 174 g/mol. The molecule has 0 aromatic carbocycles. The molecule has 3 heteroatoms. The van der Waals surface area contributed by atoms with Crippen LogP contribution in [0.4, 0.5) is 0 Å². The Hall–Kier alpha value is -1.35. The monoisotopic (exact) mass is 189 g/mol. The second kappa shape index (κ2) is 4.24. The molecule has 0 radical (unpaired) electrons. The quantitative estimate of drug-likeness (QED) is 0.723. The van der Waals surface area contributed by atoms with E-state index in [1.807, 2.05) is 18.5 Å². The van der Waals surface area contributed by atoms with Gasteiger partial charge in [-0.1, -0.05) is 6.92 Å². The van der Waals surface area contributed by atoms with Gasteiger partial charge in [0, 0.05) is 24.3 Å². The van der Waals surface area contributed by atoms with Gasteiger partial charge in [0.05, 0.1) is 0 Å². The van der Waals surface area contributed by atoms with Crippen molar-refractivity contribution in [2.75, 3.05) is 6.54 Å². The van der Waals surface area contributed by atoms with Crippen LogP contribution in [0.2, 0.25) is 0 Å². The second-order valence-electron chi connectivity index (χ2n) is 3.39. The highest BCUT2D eigenvalue weighted by molar-refractivity contribution is 5.79. The summed E-state index contributed by atoms with van der Waals surface area (Å²) in [5.41, 5.74) is 2.27. The zero-order valence-electron chi connectivity index (χ0n) is 8.38. The molecule has 2 aromatic heterocycles. The Kier molecular flexibility index (Phi) is 2.79. The third kappa shape index (κ3) is 1.77. The zero-order valence-corrected chi connectivity index (χ0v) is 8.38. The highest BCUT2D eigenvalue weighted by Crippen LogP contribution is 2.14. The van der Waals surface area contributed by atoms with E-state index in [2.05, 4.69) is 28.3 Å². The second-order valence-corrected chi connectivity index (χ2v) is 3.39. The first-order valence-electron chi connectivity index (χ1n) is 5.03. The first kappa shape index (κ1) is 9.21. The highest BCUT2D eigenvalue weighted by Gasteiger charge is 2.01. The van der Waals surface area contributed by atoms with Gasteiger partial charge >= 0.3 is 0 Å². The van der Waals surface area contributed by atoms with Crippen molar-refractivity contribution in [2.24, 2.45) is 0 Å². The average molecular weight is 189 g/mol. The number of aromatic amines is 1. The summed E-state index contributed by atoms with van der Waals surface area (Å²) in [7, 11) is 0. The van der Waals surface area contributed by atoms with Gasteiger partial charge in [0.15, 0.2) is 0 Å². The Bertz CT molecular complexity index is 406. The van der Waals surface area contributed by atoms with Gasteiger partial charge in [-0.3, -0.25) is 0 Å². The lowest BCUT2D eigenvalue weighted by Gasteiger charge is -2.00. The van der Waals surface area contributed by atoms with Crippen molar-refractivity contribution < 1.29 is 0 Å². The number of hydrogen-bond donors (Lipinski definition) is 2. The van der Waals surface area contributed by atoms with Crippen molar-refractivity contribution in [3.63, 3.8) is 0 Å². The molecule has 0 saturated heterocycles. The standard InChI is InChI=1S/C11H15N3/c1-2-5-12-7-9-8-14-11-10(9)4-3-6-13-11/h3-4,6,8,12H,2,5,7H2,1H3,(H,13,14). The molecule has 2 rings (SSSR count). The number of nitrogens with one attached hydrogen (secondary N) is 2. The lowest BCUT2D eigenvalue weighted by molar-refractivity contribution is 0.678. The van der Waals surface area contributed by atoms with E-state index in [9.17, 15) is 0 Å². The van der Waals surface area contributed by atoms with E-state index in [1.54, 1.807) is 0 Å². The summed E-state index contributed by atoms with van der Waals surface area (Å²) in [5, 5.41) is 4.60. The maximum atomic E-state index is 4.25. The summed E-state index contributed by atoms with van der Waals surface area (Å²) in [5.74, 6) is 0. The van der Waals surface area contributed by atoms with Crippen LogP contribution in [0.15, 0.2) is 24.5 Å². The number of fused-ring (bicyclic) bond motifs is 1. The van der Waals surface area contributed by atoms with Gasteiger partial charge in [-0.15, -0.1) is 0 Å². The molecular formula is C11H15N3. The lowest BCUT2D eigenvalue weighted by Crippen LogP contribution is -2.13. The summed E-state index contributed by atoms with van der Waals surface area (Å²) in [4.78, 5) is 7.41. The molecule has 0 aliphatic carbocycles. The molecule has 2 heterocycles. The number of hydrogen-bond acceptors (Lipinski definition) is 2. The van der Waals surface area contributed by atoms with Crippen LogP contribution in [0.5, 0.6) is 0 Å². The first-order valence-corrected chi connectivity index (χ1v) is 5.03. The Morgan fingerprint density at radius 3 is 3.29 bits per heavy atom. The van der Waals surface area contributed by atoms with E-state index in [4.69, 9.17) is 0 Å². The molecule has 0 amide bonds. The van der Waals surface area contributed by atoms with Crippen LogP contribution in [0.1, 0.15) is 18.9 Å². The third-order valence-electron chi connectivity index (χ3n) is 2.28. The van der Waals surface area contributed by atoms with Crippen molar-refractivity contribution in [1.29, 1.82) is 0 Å². The molecule has 0 atom stereocenters. The minimum atomic E-state index is 0.916. The molecule has 0 spiro atoms. The molecule has 0 aliphatic rings. The smallest absolute Gasteiger partial charge is 0.137 e. The number of H-pyrrole nitrogens is 1. The maximum absolute atomic E-state index is 4.25. The van der Waals surface area contributed by atoms with E-state index in [-0.39, 0.29) is 0 Å². The predicted molar refractivity (Wildman–Crippen MR) is 58.1 cm³/mol. The average Bonchev–Trinajstić information content (AvgIpc) is 2.63. The van der Waals surface area contributed by atoms with Crippen molar-refractivity contribution in [3.05, 3.63) is 30.1 Å². The molecule has 74 valence electrons. The topological polar surface area (TPSA) is 40.7 Å². The molecule has 0 saturated carbocycles. The number of aromatic nitrogens is 2. The molecule has 0 aliphatic heterocycles. The molecule has 0 fully saturated rings. The fraction of sp³-hybridized carbons (Fsp3) is 0.364. The van der Waals surface area contributed by atoms with Crippen LogP contribution in [-0.2, 0) is 6.54 Å². The minimum Gasteiger partial charge on any atom is -0.346 e. The fourth-order valence-electron chi connectivity index (χ4n) is 1.56. The molecule has 0 unspecified atom stereocenters. The number of pyridine rings is 1. The molecule has 14 heavy (non-hydrogen) atoms. The van der Waals surface area contributed by atoms with E-state index in [0.29, 0.717) is 0 Å². The van der Waals surface area contributed by atoms with Gasteiger partial charge in [-0.25, -0.2) is 4.98 Å². The largest absolute Gasteiger partial charge is 0.346 e. The SMILES string of the molecule is CCCNCc1c[nH]c2ncccc12. The van der Waals surface area contributed by atoms with Crippen LogP contribution < -0.4 is 5.32 Å². The van der Waals surface area contributed by atoms with Crippen LogP contribution in [0.25, 0.3) is 11.0 Å². The van der Waals surface area contributed by atoms with Crippen molar-refractivity contribution in [3.8, 4) is 0 Å². The minimum absolute atomic E-state index is 0.916. The van der Waals surface area contributed by atoms with Crippen LogP contribution in [-0.4, -0.2) is 16.5 Å². The summed E-state index contributed by atoms with van der Waals surface area (Å²) in [6.45, 7) is 4.15. The lowest BCUT2D eigenvalue weighted by atomic mass is 10.2. The number of rotatable bonds is 4. The third-order valence-corrected chi connectivity index (χ3v) is 2.28. The number of nitrogens with zero attached hydrogens (tertiary/aromatic N) is 1. The molecule has 3 nitrogen and oxygen atoms in total. The summed E-state index contributed by atoms with van der Waals surface area (Å²) in [6, 6.07) is 4.07. The zero-order chi connectivity index (χ0) is 9.80. The van der Waals surface area contributed by atoms with Crippen LogP contribution in [0.3, 0.4) is 0 Å². The Labute approximate surface area is 83.6 Å². The van der Waals surface area contributed by atoms with Gasteiger partial charge in [0.25, 0.3) is 0 Å². The van der Waals surface area contributed by atoms with Crippen molar-refractivity contribution in [2.45, 2.75) is 19.9 Å². The molecule has 2 aromatic rings. The van der Waals surface area contributed by atoms with Gasteiger partial charge in [0.2, 0.25) is 0 Å². The normalized spacial score (nSPS) is 10.9. The molecule has 2 N–H and O–H groups in total. The van der Waals surface area contributed by atoms with Crippen molar-refractivity contribution >= 4 is 11.0 Å². The van der Waals surface area contributed by atoms with E-state index >= 15 is 0 Å². The van der Waals surface area contributed by atoms with Gasteiger partial charge in [0.1, 0.15) is 5.65 Å². The first-order chi connectivity index (χ1) is 6.92. The Morgan fingerprint density at radius 2 is 2.43 bits per heavy atom. The highest BCUT2D eigenvalue weighted by atomic mass is 14.9. The summed E-state index contributed by atoms with van der Waals surface area (Å²) in [6.07, 6.45) is 5.00. The van der Waals surface area contributed by atoms with E-state index < -0.39 is 0 Å². The molecule has 0 bridgehead atoms. The summed E-state index contributed by atoms with van der Waals surface area (Å²) < 4.78 is 0.